The quantitative estimate of drug-likeness (QED) is 0.312. The highest BCUT2D eigenvalue weighted by molar-refractivity contribution is 7.90. The SMILES string of the molecule is CC(C)c1nc(-c2ccnc(CS(=O)(=O)c3c(F)cccc3F)c2)c(-c2ccnc(Cl)n2)s1. The Labute approximate surface area is 198 Å². The summed E-state index contributed by atoms with van der Waals surface area (Å²) in [6, 6.07) is 7.86. The van der Waals surface area contributed by atoms with Crippen LogP contribution in [0, 0.1) is 11.6 Å². The van der Waals surface area contributed by atoms with Crippen molar-refractivity contribution in [2.75, 3.05) is 0 Å². The molecule has 4 aromatic rings. The van der Waals surface area contributed by atoms with Crippen LogP contribution < -0.4 is 0 Å². The number of rotatable bonds is 6. The van der Waals surface area contributed by atoms with E-state index in [1.807, 2.05) is 13.8 Å². The summed E-state index contributed by atoms with van der Waals surface area (Å²) in [6.45, 7) is 4.01. The number of pyridine rings is 1. The molecule has 11 heteroatoms. The van der Waals surface area contributed by atoms with Crippen molar-refractivity contribution in [3.8, 4) is 21.8 Å². The van der Waals surface area contributed by atoms with Crippen LogP contribution in [0.4, 0.5) is 8.78 Å². The Bertz CT molecular complexity index is 1420. The van der Waals surface area contributed by atoms with Crippen molar-refractivity contribution in [1.82, 2.24) is 19.9 Å². The normalized spacial score (nSPS) is 11.8. The Morgan fingerprint density at radius 2 is 1.73 bits per heavy atom. The molecule has 0 saturated carbocycles. The third-order valence-electron chi connectivity index (χ3n) is 4.65. The van der Waals surface area contributed by atoms with E-state index in [9.17, 15) is 17.2 Å². The Kier molecular flexibility index (Phi) is 6.51. The minimum absolute atomic E-state index is 0.0892. The second-order valence-electron chi connectivity index (χ2n) is 7.44. The molecule has 0 spiro atoms. The third kappa shape index (κ3) is 4.92. The summed E-state index contributed by atoms with van der Waals surface area (Å²) in [6.07, 6.45) is 2.97. The van der Waals surface area contributed by atoms with E-state index in [1.165, 1.54) is 23.7 Å². The van der Waals surface area contributed by atoms with E-state index < -0.39 is 32.1 Å². The zero-order valence-electron chi connectivity index (χ0n) is 17.5. The van der Waals surface area contributed by atoms with Crippen molar-refractivity contribution in [3.05, 3.63) is 76.4 Å². The van der Waals surface area contributed by atoms with Crippen LogP contribution in [0.2, 0.25) is 5.28 Å². The zero-order valence-corrected chi connectivity index (χ0v) is 19.8. The Morgan fingerprint density at radius 1 is 1.03 bits per heavy atom. The van der Waals surface area contributed by atoms with Gasteiger partial charge in [0.05, 0.1) is 32.7 Å². The van der Waals surface area contributed by atoms with E-state index in [2.05, 4.69) is 15.0 Å². The second kappa shape index (κ2) is 9.20. The summed E-state index contributed by atoms with van der Waals surface area (Å²) >= 11 is 7.41. The van der Waals surface area contributed by atoms with Crippen molar-refractivity contribution in [2.24, 2.45) is 0 Å². The van der Waals surface area contributed by atoms with Gasteiger partial charge in [-0.2, -0.15) is 0 Å². The number of halogens is 3. The average molecular weight is 507 g/mol. The predicted octanol–water partition coefficient (Wildman–Crippen LogP) is 5.69. The first-order valence-corrected chi connectivity index (χ1v) is 12.6. The predicted molar refractivity (Wildman–Crippen MR) is 123 cm³/mol. The molecule has 3 aromatic heterocycles. The number of aromatic nitrogens is 4. The molecule has 0 unspecified atom stereocenters. The van der Waals surface area contributed by atoms with Crippen LogP contribution in [0.25, 0.3) is 21.8 Å². The first-order chi connectivity index (χ1) is 15.7. The molecule has 0 aliphatic rings. The molecule has 0 N–H and O–H groups in total. The van der Waals surface area contributed by atoms with Gasteiger partial charge in [0.15, 0.2) is 9.84 Å². The van der Waals surface area contributed by atoms with Crippen LogP contribution in [-0.2, 0) is 15.6 Å². The molecule has 33 heavy (non-hydrogen) atoms. The molecule has 170 valence electrons. The number of sulfone groups is 1. The minimum atomic E-state index is -4.32. The number of nitrogens with zero attached hydrogens (tertiary/aromatic N) is 4. The highest BCUT2D eigenvalue weighted by atomic mass is 35.5. The maximum Gasteiger partial charge on any atom is 0.222 e. The third-order valence-corrected chi connectivity index (χ3v) is 7.90. The highest BCUT2D eigenvalue weighted by Gasteiger charge is 2.25. The van der Waals surface area contributed by atoms with E-state index in [-0.39, 0.29) is 16.9 Å². The van der Waals surface area contributed by atoms with Crippen molar-refractivity contribution in [2.45, 2.75) is 30.4 Å². The molecule has 0 bridgehead atoms. The molecular formula is C22H17ClF2N4O2S2. The molecule has 0 atom stereocenters. The van der Waals surface area contributed by atoms with Gasteiger partial charge in [0.25, 0.3) is 0 Å². The fourth-order valence-electron chi connectivity index (χ4n) is 3.17. The first kappa shape index (κ1) is 23.3. The fraction of sp³-hybridized carbons (Fsp3) is 0.182. The summed E-state index contributed by atoms with van der Waals surface area (Å²) in [5, 5.41) is 0.945. The monoisotopic (exact) mass is 506 g/mol. The molecule has 3 heterocycles. The number of hydrogen-bond donors (Lipinski definition) is 0. The Balaban J connectivity index is 1.77. The lowest BCUT2D eigenvalue weighted by atomic mass is 10.1. The number of benzene rings is 1. The first-order valence-electron chi connectivity index (χ1n) is 9.77. The summed E-state index contributed by atoms with van der Waals surface area (Å²) in [5.41, 5.74) is 1.88. The van der Waals surface area contributed by atoms with Crippen LogP contribution in [0.1, 0.15) is 30.5 Å². The van der Waals surface area contributed by atoms with E-state index >= 15 is 0 Å². The zero-order chi connectivity index (χ0) is 23.8. The van der Waals surface area contributed by atoms with Crippen molar-refractivity contribution in [1.29, 1.82) is 0 Å². The van der Waals surface area contributed by atoms with Crippen molar-refractivity contribution < 1.29 is 17.2 Å². The summed E-state index contributed by atoms with van der Waals surface area (Å²) in [4.78, 5) is 16.8. The molecule has 0 aliphatic heterocycles. The van der Waals surface area contributed by atoms with Crippen molar-refractivity contribution in [3.63, 3.8) is 0 Å². The van der Waals surface area contributed by atoms with Crippen LogP contribution >= 0.6 is 22.9 Å². The summed E-state index contributed by atoms with van der Waals surface area (Å²) in [7, 11) is -4.32. The van der Waals surface area contributed by atoms with Crippen LogP contribution in [0.5, 0.6) is 0 Å². The number of hydrogen-bond acceptors (Lipinski definition) is 7. The lowest BCUT2D eigenvalue weighted by Gasteiger charge is -2.08. The maximum absolute atomic E-state index is 14.1. The van der Waals surface area contributed by atoms with Crippen molar-refractivity contribution >= 4 is 32.8 Å². The molecule has 0 fully saturated rings. The van der Waals surface area contributed by atoms with Gasteiger partial charge in [-0.3, -0.25) is 4.98 Å². The molecule has 0 radical (unpaired) electrons. The maximum atomic E-state index is 14.1. The molecule has 0 saturated heterocycles. The van der Waals surface area contributed by atoms with Gasteiger partial charge >= 0.3 is 0 Å². The van der Waals surface area contributed by atoms with E-state index in [4.69, 9.17) is 16.6 Å². The van der Waals surface area contributed by atoms with Gasteiger partial charge in [-0.1, -0.05) is 19.9 Å². The second-order valence-corrected chi connectivity index (χ2v) is 10.7. The van der Waals surface area contributed by atoms with Crippen LogP contribution in [0.15, 0.2) is 53.7 Å². The van der Waals surface area contributed by atoms with E-state index in [1.54, 1.807) is 18.2 Å². The van der Waals surface area contributed by atoms with Gasteiger partial charge in [0.2, 0.25) is 5.28 Å². The topological polar surface area (TPSA) is 85.7 Å². The standard InChI is InChI=1S/C22H17ClF2N4O2S2/c1-12(2)21-29-18(19(32-21)17-7-9-27-22(23)28-17)13-6-8-26-14(10-13)11-33(30,31)20-15(24)4-3-5-16(20)25/h3-10,12H,11H2,1-2H3. The smallest absolute Gasteiger partial charge is 0.222 e. The van der Waals surface area contributed by atoms with Gasteiger partial charge in [-0.05, 0) is 41.9 Å². The van der Waals surface area contributed by atoms with Crippen LogP contribution in [0.3, 0.4) is 0 Å². The molecule has 1 aromatic carbocycles. The van der Waals surface area contributed by atoms with Gasteiger partial charge < -0.3 is 0 Å². The van der Waals surface area contributed by atoms with Gasteiger partial charge in [-0.15, -0.1) is 11.3 Å². The summed E-state index contributed by atoms with van der Waals surface area (Å²) in [5.74, 6) is -2.81. The fourth-order valence-corrected chi connectivity index (χ4v) is 5.79. The molecular weight excluding hydrogens is 490 g/mol. The molecule has 0 amide bonds. The Hall–Kier alpha value is -2.82. The molecule has 0 aliphatic carbocycles. The van der Waals surface area contributed by atoms with E-state index in [0.717, 1.165) is 28.1 Å². The van der Waals surface area contributed by atoms with Crippen LogP contribution in [-0.4, -0.2) is 28.4 Å². The number of thiazole rings is 1. The molecule has 4 rings (SSSR count). The largest absolute Gasteiger partial charge is 0.260 e. The minimum Gasteiger partial charge on any atom is -0.260 e. The van der Waals surface area contributed by atoms with Gasteiger partial charge in [0, 0.05) is 23.9 Å². The lowest BCUT2D eigenvalue weighted by molar-refractivity contribution is 0.519. The van der Waals surface area contributed by atoms with E-state index in [0.29, 0.717) is 17.0 Å². The lowest BCUT2D eigenvalue weighted by Crippen LogP contribution is -2.10. The van der Waals surface area contributed by atoms with Gasteiger partial charge in [0.1, 0.15) is 16.5 Å². The highest BCUT2D eigenvalue weighted by Crippen LogP contribution is 2.38. The Morgan fingerprint density at radius 3 is 2.39 bits per heavy atom. The summed E-state index contributed by atoms with van der Waals surface area (Å²) < 4.78 is 53.6. The average Bonchev–Trinajstić information content (AvgIpc) is 3.19. The molecule has 6 nitrogen and oxygen atoms in total. The van der Waals surface area contributed by atoms with Gasteiger partial charge in [-0.25, -0.2) is 32.2 Å².